The first-order chi connectivity index (χ1) is 9.33. The van der Waals surface area contributed by atoms with Crippen LogP contribution < -0.4 is 16.4 Å². The molecule has 0 aromatic heterocycles. The Bertz CT molecular complexity index is 351. The molecular formula is C11H21N3O5S. The molecule has 0 heterocycles. The predicted molar refractivity (Wildman–Crippen MR) is 75.2 cm³/mol. The fourth-order valence-electron chi connectivity index (χ4n) is 1.27. The number of carboxylic acids is 1. The fraction of sp³-hybridized carbons (Fsp3) is 0.727. The topological polar surface area (TPSA) is 142 Å². The number of hydrogen-bond acceptors (Lipinski definition) is 6. The summed E-state index contributed by atoms with van der Waals surface area (Å²) in [5.41, 5.74) is 5.41. The summed E-state index contributed by atoms with van der Waals surface area (Å²) in [6.45, 7) is 0.754. The van der Waals surface area contributed by atoms with Gasteiger partial charge < -0.3 is 26.6 Å². The van der Waals surface area contributed by atoms with Gasteiger partial charge in [-0.25, -0.2) is 4.79 Å². The van der Waals surface area contributed by atoms with Gasteiger partial charge in [0.25, 0.3) is 0 Å². The summed E-state index contributed by atoms with van der Waals surface area (Å²) in [4.78, 5) is 34.2. The Morgan fingerprint density at radius 1 is 1.20 bits per heavy atom. The van der Waals surface area contributed by atoms with E-state index in [1.807, 2.05) is 6.26 Å². The van der Waals surface area contributed by atoms with E-state index in [2.05, 4.69) is 10.6 Å². The lowest BCUT2D eigenvalue weighted by molar-refractivity contribution is -0.143. The zero-order valence-electron chi connectivity index (χ0n) is 11.5. The van der Waals surface area contributed by atoms with Crippen molar-refractivity contribution in [2.45, 2.75) is 31.5 Å². The van der Waals surface area contributed by atoms with Gasteiger partial charge in [0.05, 0.1) is 12.6 Å². The second kappa shape index (κ2) is 9.56. The van der Waals surface area contributed by atoms with Crippen LogP contribution in [0.4, 0.5) is 0 Å². The molecule has 0 aliphatic heterocycles. The number of carboxylic acid groups (broad SMARTS) is 1. The molecule has 0 aromatic rings. The normalized spacial score (nSPS) is 15.0. The van der Waals surface area contributed by atoms with Crippen LogP contribution in [0.5, 0.6) is 0 Å². The number of aliphatic carboxylic acids is 1. The highest BCUT2D eigenvalue weighted by Crippen LogP contribution is 2.02. The quantitative estimate of drug-likeness (QED) is 0.336. The monoisotopic (exact) mass is 307 g/mol. The molecule has 0 aromatic carbocycles. The van der Waals surface area contributed by atoms with Gasteiger partial charge in [-0.3, -0.25) is 9.59 Å². The summed E-state index contributed by atoms with van der Waals surface area (Å²) in [7, 11) is 0. The molecule has 0 bridgehead atoms. The lowest BCUT2D eigenvalue weighted by atomic mass is 10.1. The highest BCUT2D eigenvalue weighted by atomic mass is 32.2. The van der Waals surface area contributed by atoms with Gasteiger partial charge in [-0.2, -0.15) is 11.8 Å². The van der Waals surface area contributed by atoms with Crippen LogP contribution in [-0.2, 0) is 14.4 Å². The molecule has 0 saturated carbocycles. The van der Waals surface area contributed by atoms with Gasteiger partial charge >= 0.3 is 5.97 Å². The number of carbonyl (C=O) groups excluding carboxylic acids is 2. The van der Waals surface area contributed by atoms with Gasteiger partial charge in [0.2, 0.25) is 11.8 Å². The van der Waals surface area contributed by atoms with E-state index in [1.54, 1.807) is 0 Å². The van der Waals surface area contributed by atoms with E-state index in [0.29, 0.717) is 12.2 Å². The van der Waals surface area contributed by atoms with Gasteiger partial charge in [0.15, 0.2) is 0 Å². The molecule has 0 saturated heterocycles. The molecule has 0 fully saturated rings. The smallest absolute Gasteiger partial charge is 0.328 e. The van der Waals surface area contributed by atoms with Crippen LogP contribution in [0.2, 0.25) is 0 Å². The summed E-state index contributed by atoms with van der Waals surface area (Å²) in [5, 5.41) is 22.3. The first-order valence-corrected chi connectivity index (χ1v) is 7.41. The second-order valence-electron chi connectivity index (χ2n) is 4.21. The maximum absolute atomic E-state index is 11.9. The number of aliphatic hydroxyl groups excluding tert-OH is 1. The van der Waals surface area contributed by atoms with E-state index in [-0.39, 0.29) is 0 Å². The van der Waals surface area contributed by atoms with Crippen molar-refractivity contribution in [3.63, 3.8) is 0 Å². The van der Waals surface area contributed by atoms with Crippen molar-refractivity contribution in [3.05, 3.63) is 0 Å². The van der Waals surface area contributed by atoms with Crippen LogP contribution in [0.3, 0.4) is 0 Å². The fourth-order valence-corrected chi connectivity index (χ4v) is 1.74. The number of rotatable bonds is 9. The highest BCUT2D eigenvalue weighted by molar-refractivity contribution is 7.98. The van der Waals surface area contributed by atoms with Crippen LogP contribution in [0.1, 0.15) is 13.3 Å². The average Bonchev–Trinajstić information content (AvgIpc) is 2.39. The average molecular weight is 307 g/mol. The van der Waals surface area contributed by atoms with Crippen molar-refractivity contribution in [2.24, 2.45) is 5.73 Å². The van der Waals surface area contributed by atoms with Crippen LogP contribution in [0.15, 0.2) is 0 Å². The van der Waals surface area contributed by atoms with E-state index in [1.165, 1.54) is 18.7 Å². The molecule has 20 heavy (non-hydrogen) atoms. The SMILES string of the molecule is CSCC[C@H](NC(=O)[C@H](C)N)C(=O)N[C@@H](CO)C(=O)O. The van der Waals surface area contributed by atoms with Gasteiger partial charge in [0, 0.05) is 0 Å². The Hall–Kier alpha value is -1.32. The van der Waals surface area contributed by atoms with E-state index in [4.69, 9.17) is 15.9 Å². The van der Waals surface area contributed by atoms with Crippen molar-refractivity contribution in [2.75, 3.05) is 18.6 Å². The summed E-state index contributed by atoms with van der Waals surface area (Å²) < 4.78 is 0. The lowest BCUT2D eigenvalue weighted by Gasteiger charge is -2.21. The zero-order valence-corrected chi connectivity index (χ0v) is 12.3. The first kappa shape index (κ1) is 18.7. The number of amides is 2. The van der Waals surface area contributed by atoms with E-state index < -0.39 is 42.5 Å². The number of thioether (sulfide) groups is 1. The minimum atomic E-state index is -1.40. The van der Waals surface area contributed by atoms with Gasteiger partial charge in [0.1, 0.15) is 12.1 Å². The number of nitrogens with one attached hydrogen (secondary N) is 2. The third-order valence-corrected chi connectivity index (χ3v) is 3.10. The summed E-state index contributed by atoms with van der Waals surface area (Å²) >= 11 is 1.49. The molecule has 3 atom stereocenters. The zero-order chi connectivity index (χ0) is 15.7. The molecule has 6 N–H and O–H groups in total. The third-order valence-electron chi connectivity index (χ3n) is 2.45. The standard InChI is InChI=1S/C11H21N3O5S/c1-6(12)9(16)13-7(3-4-20-2)10(17)14-8(5-15)11(18)19/h6-8,15H,3-5,12H2,1-2H3,(H,13,16)(H,14,17)(H,18,19)/t6-,7-,8-/m0/s1. The largest absolute Gasteiger partial charge is 0.480 e. The van der Waals surface area contributed by atoms with E-state index >= 15 is 0 Å². The van der Waals surface area contributed by atoms with Gasteiger partial charge in [-0.1, -0.05) is 0 Å². The van der Waals surface area contributed by atoms with Crippen LogP contribution in [0.25, 0.3) is 0 Å². The molecule has 0 radical (unpaired) electrons. The molecule has 0 spiro atoms. The number of nitrogens with two attached hydrogens (primary N) is 1. The Morgan fingerprint density at radius 3 is 2.15 bits per heavy atom. The Morgan fingerprint density at radius 2 is 1.75 bits per heavy atom. The summed E-state index contributed by atoms with van der Waals surface area (Å²) in [6.07, 6.45) is 2.18. The Balaban J connectivity index is 4.70. The highest BCUT2D eigenvalue weighted by Gasteiger charge is 2.26. The molecule has 116 valence electrons. The molecular weight excluding hydrogens is 286 g/mol. The number of aliphatic hydroxyl groups is 1. The van der Waals surface area contributed by atoms with Crippen LogP contribution in [0, 0.1) is 0 Å². The van der Waals surface area contributed by atoms with E-state index in [0.717, 1.165) is 0 Å². The number of hydrogen-bond donors (Lipinski definition) is 5. The molecule has 0 aliphatic rings. The van der Waals surface area contributed by atoms with Gasteiger partial charge in [-0.05, 0) is 25.4 Å². The van der Waals surface area contributed by atoms with Crippen molar-refractivity contribution in [1.29, 1.82) is 0 Å². The molecule has 0 unspecified atom stereocenters. The predicted octanol–water partition coefficient (Wildman–Crippen LogP) is -1.87. The minimum absolute atomic E-state index is 0.337. The van der Waals surface area contributed by atoms with E-state index in [9.17, 15) is 14.4 Å². The lowest BCUT2D eigenvalue weighted by Crippen LogP contribution is -2.54. The number of carbonyl (C=O) groups is 3. The molecule has 2 amide bonds. The summed E-state index contributed by atoms with van der Waals surface area (Å²) in [6, 6.07) is -3.05. The molecule has 9 heteroatoms. The minimum Gasteiger partial charge on any atom is -0.480 e. The van der Waals surface area contributed by atoms with Crippen LogP contribution in [-0.4, -0.2) is 64.7 Å². The van der Waals surface area contributed by atoms with Gasteiger partial charge in [-0.15, -0.1) is 0 Å². The maximum atomic E-state index is 11.9. The maximum Gasteiger partial charge on any atom is 0.328 e. The Kier molecular flexibility index (Phi) is 8.93. The second-order valence-corrected chi connectivity index (χ2v) is 5.20. The molecule has 0 aliphatic carbocycles. The molecule has 8 nitrogen and oxygen atoms in total. The van der Waals surface area contributed by atoms with Crippen molar-refractivity contribution in [1.82, 2.24) is 10.6 Å². The van der Waals surface area contributed by atoms with Crippen LogP contribution >= 0.6 is 11.8 Å². The van der Waals surface area contributed by atoms with Crippen molar-refractivity contribution in [3.8, 4) is 0 Å². The Labute approximate surface area is 121 Å². The third kappa shape index (κ3) is 6.73. The molecule has 0 rings (SSSR count). The van der Waals surface area contributed by atoms with Crippen molar-refractivity contribution < 1.29 is 24.6 Å². The van der Waals surface area contributed by atoms with Crippen molar-refractivity contribution >= 4 is 29.5 Å². The summed E-state index contributed by atoms with van der Waals surface area (Å²) in [5.74, 6) is -1.90. The first-order valence-electron chi connectivity index (χ1n) is 6.02.